The fraction of sp³-hybridized carbons (Fsp3) is 0.571. The van der Waals surface area contributed by atoms with Gasteiger partial charge in [0.1, 0.15) is 0 Å². The molecule has 1 rings (SSSR count). The van der Waals surface area contributed by atoms with Crippen molar-refractivity contribution >= 4 is 20.8 Å². The van der Waals surface area contributed by atoms with Gasteiger partial charge >= 0.3 is 109 Å². The zero-order valence-electron chi connectivity index (χ0n) is 11.1. The zero-order valence-corrected chi connectivity index (χ0v) is 13.6. The summed E-state index contributed by atoms with van der Waals surface area (Å²) in [6.45, 7) is 11.9. The fourth-order valence-corrected chi connectivity index (χ4v) is 5.93. The first kappa shape index (κ1) is 14.2. The monoisotopic (exact) mass is 302 g/mol. The van der Waals surface area contributed by atoms with E-state index in [-0.39, 0.29) is 0 Å². The molecule has 92 valence electrons. The molecular weight excluding hydrogens is 279 g/mol. The minimum absolute atomic E-state index is 0.714. The van der Waals surface area contributed by atoms with Crippen molar-refractivity contribution in [3.05, 3.63) is 35.9 Å². The number of hydrogen-bond donors (Lipinski definition) is 0. The normalized spacial score (nSPS) is 15.1. The van der Waals surface area contributed by atoms with Crippen molar-refractivity contribution in [2.45, 2.75) is 45.2 Å². The van der Waals surface area contributed by atoms with Crippen molar-refractivity contribution in [1.29, 1.82) is 0 Å². The standard InChI is InChI=1S/C14H24BrP/c1-12(2)16(5,15,13(3)4)11-14-9-7-6-8-10-14/h6-10,12-13H,11H2,1-5H3. The molecule has 0 aromatic heterocycles. The molecule has 0 bridgehead atoms. The molecule has 0 aliphatic heterocycles. The Kier molecular flexibility index (Phi) is 4.24. The van der Waals surface area contributed by atoms with Gasteiger partial charge < -0.3 is 0 Å². The summed E-state index contributed by atoms with van der Waals surface area (Å²) in [5.74, 6) is 0. The van der Waals surface area contributed by atoms with Crippen LogP contribution in [0.15, 0.2) is 30.3 Å². The maximum absolute atomic E-state index is 4.19. The molecular formula is C14H24BrP. The first-order valence-electron chi connectivity index (χ1n) is 6.02. The van der Waals surface area contributed by atoms with Crippen LogP contribution < -0.4 is 0 Å². The molecule has 0 aliphatic carbocycles. The molecule has 0 unspecified atom stereocenters. The van der Waals surface area contributed by atoms with E-state index in [9.17, 15) is 0 Å². The number of halogens is 1. The first-order chi connectivity index (χ1) is 7.26. The van der Waals surface area contributed by atoms with Gasteiger partial charge in [-0.05, 0) is 0 Å². The van der Waals surface area contributed by atoms with Crippen LogP contribution in [0, 0.1) is 0 Å². The van der Waals surface area contributed by atoms with Gasteiger partial charge in [-0.15, -0.1) is 0 Å². The molecule has 0 fully saturated rings. The average Bonchev–Trinajstić information content (AvgIpc) is 2.18. The van der Waals surface area contributed by atoms with Crippen LogP contribution in [0.2, 0.25) is 0 Å². The average molecular weight is 303 g/mol. The van der Waals surface area contributed by atoms with E-state index in [2.05, 4.69) is 80.2 Å². The third-order valence-electron chi connectivity index (χ3n) is 4.18. The molecule has 0 atom stereocenters. The van der Waals surface area contributed by atoms with E-state index in [1.54, 1.807) is 0 Å². The summed E-state index contributed by atoms with van der Waals surface area (Å²) in [7, 11) is 0. The molecule has 0 amide bonds. The Morgan fingerprint density at radius 1 is 1.00 bits per heavy atom. The summed E-state index contributed by atoms with van der Waals surface area (Å²) >= 11 is 4.19. The molecule has 1 aromatic carbocycles. The van der Waals surface area contributed by atoms with Crippen LogP contribution >= 0.6 is 20.8 Å². The van der Waals surface area contributed by atoms with Gasteiger partial charge in [-0.25, -0.2) is 0 Å². The maximum atomic E-state index is 4.19. The van der Waals surface area contributed by atoms with E-state index in [0.29, 0.717) is 11.3 Å². The summed E-state index contributed by atoms with van der Waals surface area (Å²) < 4.78 is 0. The van der Waals surface area contributed by atoms with Crippen LogP contribution in [0.25, 0.3) is 0 Å². The molecule has 0 saturated carbocycles. The zero-order chi connectivity index (χ0) is 12.4. The van der Waals surface area contributed by atoms with Gasteiger partial charge in [-0.3, -0.25) is 0 Å². The van der Waals surface area contributed by atoms with Crippen molar-refractivity contribution in [2.24, 2.45) is 0 Å². The van der Waals surface area contributed by atoms with Crippen molar-refractivity contribution in [3.8, 4) is 0 Å². The Bertz CT molecular complexity index is 329. The van der Waals surface area contributed by atoms with E-state index in [1.807, 2.05) is 0 Å². The van der Waals surface area contributed by atoms with Gasteiger partial charge in [0.05, 0.1) is 0 Å². The van der Waals surface area contributed by atoms with Gasteiger partial charge in [0.25, 0.3) is 0 Å². The topological polar surface area (TPSA) is 0 Å². The predicted octanol–water partition coefficient (Wildman–Crippen LogP) is 5.50. The summed E-state index contributed by atoms with van der Waals surface area (Å²) in [6, 6.07) is 10.9. The Labute approximate surface area is 108 Å². The molecule has 2 heteroatoms. The van der Waals surface area contributed by atoms with Crippen LogP contribution in [0.5, 0.6) is 0 Å². The van der Waals surface area contributed by atoms with E-state index in [4.69, 9.17) is 0 Å². The molecule has 16 heavy (non-hydrogen) atoms. The molecule has 0 saturated heterocycles. The molecule has 0 nitrogen and oxygen atoms in total. The summed E-state index contributed by atoms with van der Waals surface area (Å²) in [4.78, 5) is 0. The second-order valence-corrected chi connectivity index (χ2v) is 17.8. The second-order valence-electron chi connectivity index (χ2n) is 5.66. The molecule has 0 spiro atoms. The van der Waals surface area contributed by atoms with Crippen molar-refractivity contribution in [2.75, 3.05) is 6.66 Å². The Morgan fingerprint density at radius 2 is 1.44 bits per heavy atom. The van der Waals surface area contributed by atoms with Crippen molar-refractivity contribution in [3.63, 3.8) is 0 Å². The Hall–Kier alpha value is 0.130. The SMILES string of the molecule is CC(C)P(C)(Br)(Cc1ccccc1)C(C)C. The third-order valence-corrected chi connectivity index (χ3v) is 16.5. The van der Waals surface area contributed by atoms with E-state index in [1.165, 1.54) is 11.7 Å². The number of hydrogen-bond acceptors (Lipinski definition) is 0. The van der Waals surface area contributed by atoms with Crippen LogP contribution in [0.4, 0.5) is 0 Å². The summed E-state index contributed by atoms with van der Waals surface area (Å²) in [6.07, 6.45) is 1.20. The summed E-state index contributed by atoms with van der Waals surface area (Å²) in [5, 5.41) is -1.81. The molecule has 1 aromatic rings. The van der Waals surface area contributed by atoms with Gasteiger partial charge in [-0.1, -0.05) is 0 Å². The number of benzene rings is 1. The fourth-order valence-electron chi connectivity index (χ4n) is 2.01. The van der Waals surface area contributed by atoms with Crippen LogP contribution in [-0.2, 0) is 6.16 Å². The van der Waals surface area contributed by atoms with Crippen molar-refractivity contribution < 1.29 is 0 Å². The predicted molar refractivity (Wildman–Crippen MR) is 82.2 cm³/mol. The molecule has 0 radical (unpaired) electrons. The summed E-state index contributed by atoms with van der Waals surface area (Å²) in [5.41, 5.74) is 2.89. The third kappa shape index (κ3) is 2.68. The van der Waals surface area contributed by atoms with Gasteiger partial charge in [0, 0.05) is 0 Å². The molecule has 0 aliphatic rings. The minimum atomic E-state index is -1.81. The van der Waals surface area contributed by atoms with Gasteiger partial charge in [-0.2, -0.15) is 0 Å². The van der Waals surface area contributed by atoms with E-state index >= 15 is 0 Å². The number of rotatable bonds is 4. The van der Waals surface area contributed by atoms with Gasteiger partial charge in [0.15, 0.2) is 0 Å². The Morgan fingerprint density at radius 3 is 1.81 bits per heavy atom. The quantitative estimate of drug-likeness (QED) is 0.645. The second kappa shape index (κ2) is 4.78. The van der Waals surface area contributed by atoms with E-state index in [0.717, 1.165) is 0 Å². The first-order valence-corrected chi connectivity index (χ1v) is 11.0. The Balaban J connectivity index is 3.07. The molecule has 0 heterocycles. The molecule has 0 N–H and O–H groups in total. The van der Waals surface area contributed by atoms with Crippen molar-refractivity contribution in [1.82, 2.24) is 0 Å². The van der Waals surface area contributed by atoms with Crippen LogP contribution in [0.1, 0.15) is 33.3 Å². The van der Waals surface area contributed by atoms with Gasteiger partial charge in [0.2, 0.25) is 0 Å². The van der Waals surface area contributed by atoms with Crippen LogP contribution in [0.3, 0.4) is 0 Å². The van der Waals surface area contributed by atoms with Crippen LogP contribution in [-0.4, -0.2) is 18.0 Å². The van der Waals surface area contributed by atoms with E-state index < -0.39 is 5.31 Å².